The minimum Gasteiger partial charge on any atom is -0.326 e. The summed E-state index contributed by atoms with van der Waals surface area (Å²) >= 11 is 13.4. The fraction of sp³-hybridized carbons (Fsp3) is 0.182. The molecule has 7 nitrogen and oxygen atoms in total. The maximum Gasteiger partial charge on any atom is 0.234 e. The summed E-state index contributed by atoms with van der Waals surface area (Å²) in [5.74, 6) is 0.0891. The van der Waals surface area contributed by atoms with Crippen LogP contribution in [-0.4, -0.2) is 32.3 Å². The lowest BCUT2D eigenvalue weighted by Crippen LogP contribution is -2.18. The second kappa shape index (κ2) is 11.2. The molecule has 0 radical (unpaired) electrons. The number of allylic oxidation sites excluding steroid dienone is 1. The first-order valence-electron chi connectivity index (χ1n) is 9.63. The van der Waals surface area contributed by atoms with E-state index in [0.29, 0.717) is 38.9 Å². The van der Waals surface area contributed by atoms with Gasteiger partial charge in [-0.2, -0.15) is 0 Å². The van der Waals surface area contributed by atoms with E-state index in [1.165, 1.54) is 11.8 Å². The summed E-state index contributed by atoms with van der Waals surface area (Å²) in [4.78, 5) is 24.8. The van der Waals surface area contributed by atoms with Gasteiger partial charge in [-0.1, -0.05) is 59.2 Å². The first kappa shape index (κ1) is 23.8. The Balaban J connectivity index is 1.63. The standard InChI is InChI=1S/C22H21Cl2N5O2S/c1-3-10-29-19(12-20(30)25-15-9-8-14(2)17(24)11-15)27-28-22(29)32-13-21(31)26-18-7-5-4-6-16(18)23/h3-9,11H,1,10,12-13H2,2H3,(H,25,30)(H,26,31). The van der Waals surface area contributed by atoms with Gasteiger partial charge in [0.05, 0.1) is 22.9 Å². The minimum absolute atomic E-state index is 0.0126. The van der Waals surface area contributed by atoms with E-state index in [1.54, 1.807) is 47.0 Å². The van der Waals surface area contributed by atoms with Crippen molar-refractivity contribution in [3.63, 3.8) is 0 Å². The Morgan fingerprint density at radius 2 is 1.88 bits per heavy atom. The number of carbonyl (C=O) groups excluding carboxylic acids is 2. The highest BCUT2D eigenvalue weighted by Crippen LogP contribution is 2.23. The third-order valence-electron chi connectivity index (χ3n) is 4.36. The van der Waals surface area contributed by atoms with E-state index >= 15 is 0 Å². The lowest BCUT2D eigenvalue weighted by atomic mass is 10.2. The van der Waals surface area contributed by atoms with Crippen molar-refractivity contribution in [1.29, 1.82) is 0 Å². The quantitative estimate of drug-likeness (QED) is 0.326. The second-order valence-electron chi connectivity index (χ2n) is 6.80. The number of aromatic nitrogens is 3. The van der Waals surface area contributed by atoms with Gasteiger partial charge < -0.3 is 15.2 Å². The molecular weight excluding hydrogens is 469 g/mol. The number of nitrogens with zero attached hydrogens (tertiary/aromatic N) is 3. The molecular formula is C22H21Cl2N5O2S. The molecule has 0 bridgehead atoms. The Morgan fingerprint density at radius 1 is 1.09 bits per heavy atom. The van der Waals surface area contributed by atoms with Gasteiger partial charge in [0.15, 0.2) is 5.16 Å². The number of thioether (sulfide) groups is 1. The van der Waals surface area contributed by atoms with Crippen molar-refractivity contribution in [3.05, 3.63) is 76.6 Å². The van der Waals surface area contributed by atoms with E-state index in [4.69, 9.17) is 23.2 Å². The average molecular weight is 490 g/mol. The second-order valence-corrected chi connectivity index (χ2v) is 8.56. The molecule has 2 N–H and O–H groups in total. The van der Waals surface area contributed by atoms with Crippen molar-refractivity contribution in [2.24, 2.45) is 0 Å². The molecule has 166 valence electrons. The third kappa shape index (κ3) is 6.35. The largest absolute Gasteiger partial charge is 0.326 e. The number of carbonyl (C=O) groups is 2. The van der Waals surface area contributed by atoms with Crippen molar-refractivity contribution in [3.8, 4) is 0 Å². The average Bonchev–Trinajstić information content (AvgIpc) is 3.12. The number of para-hydroxylation sites is 1. The van der Waals surface area contributed by atoms with Crippen LogP contribution in [0.5, 0.6) is 0 Å². The SMILES string of the molecule is C=CCn1c(CC(=O)Nc2ccc(C)c(Cl)c2)nnc1SCC(=O)Nc1ccccc1Cl. The van der Waals surface area contributed by atoms with Gasteiger partial charge in [-0.05, 0) is 36.8 Å². The zero-order chi connectivity index (χ0) is 23.1. The molecule has 1 heterocycles. The predicted molar refractivity (Wildman–Crippen MR) is 130 cm³/mol. The van der Waals surface area contributed by atoms with E-state index in [-0.39, 0.29) is 24.0 Å². The maximum atomic E-state index is 12.5. The number of amides is 2. The number of nitrogens with one attached hydrogen (secondary N) is 2. The number of rotatable bonds is 9. The number of hydrogen-bond acceptors (Lipinski definition) is 5. The van der Waals surface area contributed by atoms with Crippen LogP contribution in [0.15, 0.2) is 60.3 Å². The smallest absolute Gasteiger partial charge is 0.234 e. The fourth-order valence-corrected chi connectivity index (χ4v) is 3.90. The first-order valence-corrected chi connectivity index (χ1v) is 11.4. The molecule has 3 aromatic rings. The molecule has 0 aliphatic rings. The van der Waals surface area contributed by atoms with Crippen LogP contribution in [0.4, 0.5) is 11.4 Å². The molecule has 3 rings (SSSR count). The maximum absolute atomic E-state index is 12.5. The van der Waals surface area contributed by atoms with Gasteiger partial charge in [-0.3, -0.25) is 9.59 Å². The van der Waals surface area contributed by atoms with Crippen LogP contribution < -0.4 is 10.6 Å². The van der Waals surface area contributed by atoms with Crippen LogP contribution in [0.2, 0.25) is 10.0 Å². The number of halogens is 2. The van der Waals surface area contributed by atoms with Gasteiger partial charge in [0, 0.05) is 17.3 Å². The molecule has 2 amide bonds. The van der Waals surface area contributed by atoms with Crippen LogP contribution >= 0.6 is 35.0 Å². The van der Waals surface area contributed by atoms with E-state index in [2.05, 4.69) is 27.4 Å². The summed E-state index contributed by atoms with van der Waals surface area (Å²) in [6.45, 7) is 6.04. The molecule has 0 fully saturated rings. The molecule has 0 saturated carbocycles. The van der Waals surface area contributed by atoms with Crippen molar-refractivity contribution < 1.29 is 9.59 Å². The number of aryl methyl sites for hydroxylation is 1. The molecule has 0 spiro atoms. The molecule has 0 saturated heterocycles. The van der Waals surface area contributed by atoms with E-state index in [0.717, 1.165) is 5.56 Å². The molecule has 0 aliphatic carbocycles. The van der Waals surface area contributed by atoms with Gasteiger partial charge in [0.1, 0.15) is 5.82 Å². The van der Waals surface area contributed by atoms with Crippen LogP contribution in [-0.2, 0) is 22.6 Å². The molecule has 0 atom stereocenters. The van der Waals surface area contributed by atoms with E-state index in [1.807, 2.05) is 13.0 Å². The molecule has 10 heteroatoms. The summed E-state index contributed by atoms with van der Waals surface area (Å²) in [6, 6.07) is 12.3. The lowest BCUT2D eigenvalue weighted by Gasteiger charge is -2.09. The topological polar surface area (TPSA) is 88.9 Å². The molecule has 32 heavy (non-hydrogen) atoms. The highest BCUT2D eigenvalue weighted by Gasteiger charge is 2.17. The highest BCUT2D eigenvalue weighted by atomic mass is 35.5. The molecule has 0 aliphatic heterocycles. The van der Waals surface area contributed by atoms with Gasteiger partial charge in [-0.15, -0.1) is 16.8 Å². The fourth-order valence-electron chi connectivity index (χ4n) is 2.77. The van der Waals surface area contributed by atoms with Crippen LogP contribution in [0.25, 0.3) is 0 Å². The summed E-state index contributed by atoms with van der Waals surface area (Å²) < 4.78 is 1.75. The van der Waals surface area contributed by atoms with E-state index in [9.17, 15) is 9.59 Å². The molecule has 2 aromatic carbocycles. The van der Waals surface area contributed by atoms with Gasteiger partial charge in [0.25, 0.3) is 0 Å². The Morgan fingerprint density at radius 3 is 2.59 bits per heavy atom. The Hall–Kier alpha value is -2.81. The predicted octanol–water partition coefficient (Wildman–Crippen LogP) is 4.99. The number of anilines is 2. The normalized spacial score (nSPS) is 10.6. The van der Waals surface area contributed by atoms with Gasteiger partial charge >= 0.3 is 0 Å². The Labute approximate surface area is 200 Å². The minimum atomic E-state index is -0.254. The monoisotopic (exact) mass is 489 g/mol. The number of hydrogen-bond donors (Lipinski definition) is 2. The summed E-state index contributed by atoms with van der Waals surface area (Å²) in [7, 11) is 0. The lowest BCUT2D eigenvalue weighted by molar-refractivity contribution is -0.116. The van der Waals surface area contributed by atoms with Crippen molar-refractivity contribution >= 4 is 58.2 Å². The van der Waals surface area contributed by atoms with Crippen molar-refractivity contribution in [2.45, 2.75) is 25.0 Å². The van der Waals surface area contributed by atoms with Crippen molar-refractivity contribution in [2.75, 3.05) is 16.4 Å². The highest BCUT2D eigenvalue weighted by molar-refractivity contribution is 7.99. The van der Waals surface area contributed by atoms with Crippen LogP contribution in [0.3, 0.4) is 0 Å². The van der Waals surface area contributed by atoms with Gasteiger partial charge in [0.2, 0.25) is 11.8 Å². The Kier molecular flexibility index (Phi) is 8.33. The summed E-state index contributed by atoms with van der Waals surface area (Å²) in [6.07, 6.45) is 1.69. The van der Waals surface area contributed by atoms with E-state index < -0.39 is 0 Å². The zero-order valence-corrected chi connectivity index (χ0v) is 19.6. The third-order valence-corrected chi connectivity index (χ3v) is 6.06. The Bertz CT molecular complexity index is 1150. The summed E-state index contributed by atoms with van der Waals surface area (Å²) in [5, 5.41) is 15.4. The first-order chi connectivity index (χ1) is 15.4. The number of benzene rings is 2. The van der Waals surface area contributed by atoms with Gasteiger partial charge in [-0.25, -0.2) is 0 Å². The summed E-state index contributed by atoms with van der Waals surface area (Å²) in [5.41, 5.74) is 2.07. The van der Waals surface area contributed by atoms with Crippen molar-refractivity contribution in [1.82, 2.24) is 14.8 Å². The zero-order valence-electron chi connectivity index (χ0n) is 17.3. The van der Waals surface area contributed by atoms with Crippen LogP contribution in [0.1, 0.15) is 11.4 Å². The molecule has 1 aromatic heterocycles. The van der Waals surface area contributed by atoms with Crippen LogP contribution in [0, 0.1) is 6.92 Å². The molecule has 0 unspecified atom stereocenters.